The number of ether oxygens (including phenoxy) is 1. The number of nitrogens with one attached hydrogen (secondary N) is 2. The lowest BCUT2D eigenvalue weighted by Gasteiger charge is -2.26. The fraction of sp³-hybridized carbons (Fsp3) is 0.357. The number of hydrogen-bond acceptors (Lipinski definition) is 5. The van der Waals surface area contributed by atoms with Crippen LogP contribution in [0.3, 0.4) is 0 Å². The van der Waals surface area contributed by atoms with E-state index in [1.54, 1.807) is 0 Å². The molecule has 7 nitrogen and oxygen atoms in total. The Morgan fingerprint density at radius 3 is 3.09 bits per heavy atom. The van der Waals surface area contributed by atoms with Crippen LogP contribution < -0.4 is 5.32 Å². The molecular formula is C14H14ClFN4O3. The zero-order valence-corrected chi connectivity index (χ0v) is 12.7. The van der Waals surface area contributed by atoms with Crippen molar-refractivity contribution >= 4 is 23.5 Å². The van der Waals surface area contributed by atoms with Crippen LogP contribution in [-0.2, 0) is 4.74 Å². The highest BCUT2D eigenvalue weighted by molar-refractivity contribution is 6.32. The summed E-state index contributed by atoms with van der Waals surface area (Å²) >= 11 is 6.08. The van der Waals surface area contributed by atoms with Gasteiger partial charge < -0.3 is 20.1 Å². The number of hydrogen-bond donors (Lipinski definition) is 3. The molecule has 0 aromatic carbocycles. The van der Waals surface area contributed by atoms with Crippen molar-refractivity contribution < 1.29 is 19.0 Å². The fourth-order valence-electron chi connectivity index (χ4n) is 2.33. The monoisotopic (exact) mass is 340 g/mol. The molecule has 2 aromatic rings. The van der Waals surface area contributed by atoms with Crippen molar-refractivity contribution in [1.82, 2.24) is 15.0 Å². The number of carbonyl (C=O) groups is 1. The van der Waals surface area contributed by atoms with E-state index >= 15 is 0 Å². The van der Waals surface area contributed by atoms with Gasteiger partial charge in [-0.1, -0.05) is 11.6 Å². The lowest BCUT2D eigenvalue weighted by atomic mass is 10.1. The molecular weight excluding hydrogens is 327 g/mol. The molecule has 3 N–H and O–H groups in total. The number of aromatic nitrogens is 3. The third-order valence-electron chi connectivity index (χ3n) is 3.53. The van der Waals surface area contributed by atoms with E-state index in [1.165, 1.54) is 18.5 Å². The van der Waals surface area contributed by atoms with Crippen molar-refractivity contribution in [3.05, 3.63) is 29.2 Å². The smallest absolute Gasteiger partial charge is 0.352 e. The summed E-state index contributed by atoms with van der Waals surface area (Å²) in [5.74, 6) is -0.848. The normalized spacial score (nSPS) is 21.1. The summed E-state index contributed by atoms with van der Waals surface area (Å²) < 4.78 is 18.8. The molecule has 0 aliphatic carbocycles. The van der Waals surface area contributed by atoms with Gasteiger partial charge in [0.25, 0.3) is 0 Å². The predicted molar refractivity (Wildman–Crippen MR) is 81.5 cm³/mol. The van der Waals surface area contributed by atoms with Crippen molar-refractivity contribution in [2.45, 2.75) is 18.6 Å². The number of anilines is 1. The van der Waals surface area contributed by atoms with E-state index in [1.807, 2.05) is 0 Å². The highest BCUT2D eigenvalue weighted by Gasteiger charge is 2.26. The molecule has 0 saturated carbocycles. The summed E-state index contributed by atoms with van der Waals surface area (Å²) in [6, 6.07) is 0.991. The molecule has 122 valence electrons. The second kappa shape index (κ2) is 6.51. The molecule has 0 radical (unpaired) electrons. The van der Waals surface area contributed by atoms with Gasteiger partial charge in [0.15, 0.2) is 0 Å². The van der Waals surface area contributed by atoms with Crippen LogP contribution in [0, 0.1) is 0 Å². The molecule has 3 heterocycles. The number of carboxylic acid groups (broad SMARTS) is 1. The summed E-state index contributed by atoms with van der Waals surface area (Å²) in [5.41, 5.74) is 0.912. The zero-order valence-electron chi connectivity index (χ0n) is 11.9. The minimum Gasteiger partial charge on any atom is -0.477 e. The molecule has 1 aliphatic rings. The van der Waals surface area contributed by atoms with Crippen LogP contribution in [0.1, 0.15) is 16.9 Å². The van der Waals surface area contributed by atoms with Crippen molar-refractivity contribution in [1.29, 1.82) is 0 Å². The summed E-state index contributed by atoms with van der Waals surface area (Å²) in [4.78, 5) is 21.9. The maximum Gasteiger partial charge on any atom is 0.352 e. The highest BCUT2D eigenvalue weighted by atomic mass is 35.5. The number of H-pyrrole nitrogens is 1. The van der Waals surface area contributed by atoms with Gasteiger partial charge in [-0.25, -0.2) is 19.2 Å². The second-order valence-electron chi connectivity index (χ2n) is 5.13. The van der Waals surface area contributed by atoms with Gasteiger partial charge in [0.05, 0.1) is 29.6 Å². The Morgan fingerprint density at radius 2 is 2.39 bits per heavy atom. The van der Waals surface area contributed by atoms with E-state index in [9.17, 15) is 9.18 Å². The first-order valence-electron chi connectivity index (χ1n) is 6.97. The molecule has 2 aromatic heterocycles. The molecule has 1 aliphatic heterocycles. The van der Waals surface area contributed by atoms with Gasteiger partial charge in [-0.3, -0.25) is 0 Å². The maximum absolute atomic E-state index is 13.8. The SMILES string of the molecule is O=C(O)c1cc(-c2nc(NC3CCOC[C@@H]3F)ncc2Cl)c[nH]1. The van der Waals surface area contributed by atoms with Gasteiger partial charge in [0, 0.05) is 18.4 Å². The number of carboxylic acids is 1. The largest absolute Gasteiger partial charge is 0.477 e. The molecule has 1 saturated heterocycles. The highest BCUT2D eigenvalue weighted by Crippen LogP contribution is 2.27. The van der Waals surface area contributed by atoms with Crippen LogP contribution in [0.2, 0.25) is 5.02 Å². The number of rotatable bonds is 4. The molecule has 1 fully saturated rings. The number of aromatic amines is 1. The van der Waals surface area contributed by atoms with E-state index < -0.39 is 18.2 Å². The van der Waals surface area contributed by atoms with E-state index in [2.05, 4.69) is 20.3 Å². The minimum absolute atomic E-state index is 0.0254. The van der Waals surface area contributed by atoms with Crippen molar-refractivity contribution in [2.24, 2.45) is 0 Å². The van der Waals surface area contributed by atoms with Crippen molar-refractivity contribution in [2.75, 3.05) is 18.5 Å². The van der Waals surface area contributed by atoms with Gasteiger partial charge in [0.1, 0.15) is 11.9 Å². The Hall–Kier alpha value is -2.19. The van der Waals surface area contributed by atoms with E-state index in [-0.39, 0.29) is 23.3 Å². The summed E-state index contributed by atoms with van der Waals surface area (Å²) in [6.45, 7) is 0.510. The Labute approximate surface area is 135 Å². The molecule has 3 rings (SSSR count). The van der Waals surface area contributed by atoms with Crippen LogP contribution in [-0.4, -0.2) is 51.5 Å². The van der Waals surface area contributed by atoms with Gasteiger partial charge in [-0.05, 0) is 12.5 Å². The van der Waals surface area contributed by atoms with Crippen LogP contribution in [0.25, 0.3) is 11.3 Å². The van der Waals surface area contributed by atoms with Crippen molar-refractivity contribution in [3.8, 4) is 11.3 Å². The maximum atomic E-state index is 13.8. The standard InChI is InChI=1S/C14H14ClFN4O3/c15-8-5-18-14(19-10-1-2-23-6-9(10)16)20-12(8)7-3-11(13(21)22)17-4-7/h3-5,9-10,17H,1-2,6H2,(H,21,22)(H,18,19,20)/t9-,10?/m0/s1. The molecule has 9 heteroatoms. The Morgan fingerprint density at radius 1 is 1.57 bits per heavy atom. The average Bonchev–Trinajstić information content (AvgIpc) is 3.01. The molecule has 0 amide bonds. The molecule has 0 bridgehead atoms. The van der Waals surface area contributed by atoms with Gasteiger partial charge in [0.2, 0.25) is 5.95 Å². The van der Waals surface area contributed by atoms with Crippen LogP contribution in [0.15, 0.2) is 18.5 Å². The zero-order chi connectivity index (χ0) is 16.4. The number of nitrogens with zero attached hydrogens (tertiary/aromatic N) is 2. The quantitative estimate of drug-likeness (QED) is 0.790. The third kappa shape index (κ3) is 3.43. The molecule has 0 spiro atoms. The number of halogens is 2. The summed E-state index contributed by atoms with van der Waals surface area (Å²) in [7, 11) is 0. The van der Waals surface area contributed by atoms with E-state index in [4.69, 9.17) is 21.4 Å². The van der Waals surface area contributed by atoms with Crippen molar-refractivity contribution in [3.63, 3.8) is 0 Å². The first-order chi connectivity index (χ1) is 11.0. The predicted octanol–water partition coefficient (Wildman–Crippen LogP) is 2.36. The van der Waals surface area contributed by atoms with E-state index in [0.29, 0.717) is 24.3 Å². The Bertz CT molecular complexity index is 724. The third-order valence-corrected chi connectivity index (χ3v) is 3.81. The lowest BCUT2D eigenvalue weighted by molar-refractivity contribution is 0.0284. The van der Waals surface area contributed by atoms with Gasteiger partial charge in [-0.2, -0.15) is 0 Å². The number of aromatic carboxylic acids is 1. The molecule has 1 unspecified atom stereocenters. The van der Waals surface area contributed by atoms with Crippen LogP contribution in [0.4, 0.5) is 10.3 Å². The Balaban J connectivity index is 1.85. The topological polar surface area (TPSA) is 100 Å². The molecule has 2 atom stereocenters. The summed E-state index contributed by atoms with van der Waals surface area (Å²) in [6.07, 6.45) is 2.26. The first-order valence-corrected chi connectivity index (χ1v) is 7.35. The first kappa shape index (κ1) is 15.7. The van der Waals surface area contributed by atoms with Gasteiger partial charge >= 0.3 is 5.97 Å². The number of alkyl halides is 1. The minimum atomic E-state index is -1.14. The summed E-state index contributed by atoms with van der Waals surface area (Å²) in [5, 5.41) is 12.2. The average molecular weight is 341 g/mol. The van der Waals surface area contributed by atoms with Gasteiger partial charge in [-0.15, -0.1) is 0 Å². The fourth-order valence-corrected chi connectivity index (χ4v) is 2.53. The lowest BCUT2D eigenvalue weighted by Crippen LogP contribution is -2.39. The van der Waals surface area contributed by atoms with Crippen LogP contribution >= 0.6 is 11.6 Å². The van der Waals surface area contributed by atoms with Crippen LogP contribution in [0.5, 0.6) is 0 Å². The van der Waals surface area contributed by atoms with E-state index in [0.717, 1.165) is 0 Å². The second-order valence-corrected chi connectivity index (χ2v) is 5.53. The molecule has 23 heavy (non-hydrogen) atoms. The Kier molecular flexibility index (Phi) is 4.44.